The van der Waals surface area contributed by atoms with E-state index in [4.69, 9.17) is 0 Å². The average Bonchev–Trinajstić information content (AvgIpc) is 2.59. The van der Waals surface area contributed by atoms with Crippen molar-refractivity contribution in [2.24, 2.45) is 5.92 Å². The van der Waals surface area contributed by atoms with E-state index in [2.05, 4.69) is 48.4 Å². The number of rotatable bonds is 8. The Balaban J connectivity index is 1.80. The van der Waals surface area contributed by atoms with Gasteiger partial charge in [-0.05, 0) is 69.8 Å². The molecule has 2 rings (SSSR count). The third-order valence-corrected chi connectivity index (χ3v) is 5.06. The molecule has 134 valence electrons. The van der Waals surface area contributed by atoms with Crippen LogP contribution in [0.1, 0.15) is 51.5 Å². The molecule has 0 aliphatic heterocycles. The SMILES string of the molecule is CCN(CC)c1ccc(NC(=O)CNCC2CCCCC2)c(C)c1. The van der Waals surface area contributed by atoms with Crippen molar-refractivity contribution in [2.75, 3.05) is 36.4 Å². The van der Waals surface area contributed by atoms with E-state index in [1.54, 1.807) is 0 Å². The number of hydrogen-bond donors (Lipinski definition) is 2. The summed E-state index contributed by atoms with van der Waals surface area (Å²) in [6.07, 6.45) is 6.67. The lowest BCUT2D eigenvalue weighted by molar-refractivity contribution is -0.115. The lowest BCUT2D eigenvalue weighted by atomic mass is 9.89. The number of anilines is 2. The molecule has 24 heavy (non-hydrogen) atoms. The molecule has 1 aromatic carbocycles. The van der Waals surface area contributed by atoms with Crippen LogP contribution in [0.15, 0.2) is 18.2 Å². The summed E-state index contributed by atoms with van der Waals surface area (Å²) in [6, 6.07) is 6.26. The first kappa shape index (κ1) is 18.8. The van der Waals surface area contributed by atoms with Crippen molar-refractivity contribution in [1.29, 1.82) is 0 Å². The van der Waals surface area contributed by atoms with Crippen LogP contribution in [0.25, 0.3) is 0 Å². The number of aryl methyl sites for hydroxylation is 1. The second-order valence-corrected chi connectivity index (χ2v) is 6.85. The van der Waals surface area contributed by atoms with Crippen molar-refractivity contribution in [3.63, 3.8) is 0 Å². The number of benzene rings is 1. The van der Waals surface area contributed by atoms with Gasteiger partial charge in [-0.25, -0.2) is 0 Å². The van der Waals surface area contributed by atoms with Crippen LogP contribution in [0.4, 0.5) is 11.4 Å². The minimum atomic E-state index is 0.0458. The molecule has 0 atom stereocenters. The maximum absolute atomic E-state index is 12.2. The zero-order valence-electron chi connectivity index (χ0n) is 15.5. The van der Waals surface area contributed by atoms with Gasteiger partial charge in [0.15, 0.2) is 0 Å². The summed E-state index contributed by atoms with van der Waals surface area (Å²) in [5.41, 5.74) is 3.24. The summed E-state index contributed by atoms with van der Waals surface area (Å²) >= 11 is 0. The Hall–Kier alpha value is -1.55. The van der Waals surface area contributed by atoms with Gasteiger partial charge in [0.1, 0.15) is 0 Å². The number of nitrogens with one attached hydrogen (secondary N) is 2. The molecule has 0 spiro atoms. The van der Waals surface area contributed by atoms with Gasteiger partial charge in [-0.1, -0.05) is 19.3 Å². The summed E-state index contributed by atoms with van der Waals surface area (Å²) in [6.45, 7) is 9.72. The fourth-order valence-corrected chi connectivity index (χ4v) is 3.55. The molecule has 4 heteroatoms. The van der Waals surface area contributed by atoms with E-state index in [0.29, 0.717) is 6.54 Å². The van der Waals surface area contributed by atoms with E-state index in [0.717, 1.165) is 36.8 Å². The van der Waals surface area contributed by atoms with Crippen LogP contribution in [-0.2, 0) is 4.79 Å². The molecule has 0 heterocycles. The Kier molecular flexibility index (Phi) is 7.57. The number of carbonyl (C=O) groups is 1. The summed E-state index contributed by atoms with van der Waals surface area (Å²) in [4.78, 5) is 14.5. The lowest BCUT2D eigenvalue weighted by Crippen LogP contribution is -2.32. The third kappa shape index (κ3) is 5.52. The predicted molar refractivity (Wildman–Crippen MR) is 103 cm³/mol. The van der Waals surface area contributed by atoms with E-state index >= 15 is 0 Å². The lowest BCUT2D eigenvalue weighted by Gasteiger charge is -2.22. The third-order valence-electron chi connectivity index (χ3n) is 5.06. The Morgan fingerprint density at radius 3 is 2.50 bits per heavy atom. The molecule has 0 bridgehead atoms. The maximum Gasteiger partial charge on any atom is 0.238 e. The van der Waals surface area contributed by atoms with Gasteiger partial charge < -0.3 is 15.5 Å². The first-order chi connectivity index (χ1) is 11.6. The number of hydrogen-bond acceptors (Lipinski definition) is 3. The van der Waals surface area contributed by atoms with Crippen LogP contribution in [0.2, 0.25) is 0 Å². The van der Waals surface area contributed by atoms with Gasteiger partial charge in [0.25, 0.3) is 0 Å². The first-order valence-electron chi connectivity index (χ1n) is 9.50. The Morgan fingerprint density at radius 2 is 1.88 bits per heavy atom. The van der Waals surface area contributed by atoms with Crippen LogP contribution in [-0.4, -0.2) is 32.1 Å². The fraction of sp³-hybridized carbons (Fsp3) is 0.650. The number of carbonyl (C=O) groups excluding carboxylic acids is 1. The summed E-state index contributed by atoms with van der Waals surface area (Å²) in [5.74, 6) is 0.797. The predicted octanol–water partition coefficient (Wildman–Crippen LogP) is 3.95. The van der Waals surface area contributed by atoms with Crippen molar-refractivity contribution in [1.82, 2.24) is 5.32 Å². The molecule has 1 amide bonds. The van der Waals surface area contributed by atoms with E-state index in [1.165, 1.54) is 37.8 Å². The maximum atomic E-state index is 12.2. The molecule has 2 N–H and O–H groups in total. The molecule has 1 aromatic rings. The zero-order valence-corrected chi connectivity index (χ0v) is 15.5. The van der Waals surface area contributed by atoms with Gasteiger partial charge in [0.05, 0.1) is 6.54 Å². The Bertz CT molecular complexity index is 520. The van der Waals surface area contributed by atoms with E-state index < -0.39 is 0 Å². The van der Waals surface area contributed by atoms with Crippen molar-refractivity contribution < 1.29 is 4.79 Å². The van der Waals surface area contributed by atoms with Gasteiger partial charge >= 0.3 is 0 Å². The highest BCUT2D eigenvalue weighted by Gasteiger charge is 2.13. The molecule has 1 aliphatic carbocycles. The fourth-order valence-electron chi connectivity index (χ4n) is 3.55. The summed E-state index contributed by atoms with van der Waals surface area (Å²) < 4.78 is 0. The van der Waals surface area contributed by atoms with Crippen molar-refractivity contribution in [3.8, 4) is 0 Å². The topological polar surface area (TPSA) is 44.4 Å². The van der Waals surface area contributed by atoms with Crippen LogP contribution >= 0.6 is 0 Å². The largest absolute Gasteiger partial charge is 0.372 e. The van der Waals surface area contributed by atoms with E-state index in [9.17, 15) is 4.79 Å². The molecule has 4 nitrogen and oxygen atoms in total. The number of amides is 1. The molecule has 1 saturated carbocycles. The first-order valence-corrected chi connectivity index (χ1v) is 9.50. The average molecular weight is 332 g/mol. The van der Waals surface area contributed by atoms with Gasteiger partial charge in [-0.15, -0.1) is 0 Å². The van der Waals surface area contributed by atoms with Crippen molar-refractivity contribution in [3.05, 3.63) is 23.8 Å². The molecule has 0 saturated heterocycles. The van der Waals surface area contributed by atoms with Gasteiger partial charge in [0, 0.05) is 24.5 Å². The van der Waals surface area contributed by atoms with Crippen LogP contribution in [0, 0.1) is 12.8 Å². The minimum Gasteiger partial charge on any atom is -0.372 e. The van der Waals surface area contributed by atoms with Crippen molar-refractivity contribution >= 4 is 17.3 Å². The quantitative estimate of drug-likeness (QED) is 0.758. The van der Waals surface area contributed by atoms with Crippen molar-refractivity contribution in [2.45, 2.75) is 52.9 Å². The zero-order chi connectivity index (χ0) is 17.4. The minimum absolute atomic E-state index is 0.0458. The smallest absolute Gasteiger partial charge is 0.238 e. The molecule has 1 aliphatic rings. The van der Waals surface area contributed by atoms with Crippen LogP contribution < -0.4 is 15.5 Å². The summed E-state index contributed by atoms with van der Waals surface area (Å²) in [5, 5.41) is 6.35. The van der Waals surface area contributed by atoms with E-state index in [1.807, 2.05) is 6.07 Å². The molecular formula is C20H33N3O. The number of nitrogens with zero attached hydrogens (tertiary/aromatic N) is 1. The van der Waals surface area contributed by atoms with Gasteiger partial charge in [-0.2, -0.15) is 0 Å². The highest BCUT2D eigenvalue weighted by atomic mass is 16.1. The summed E-state index contributed by atoms with van der Waals surface area (Å²) in [7, 11) is 0. The molecule has 1 fully saturated rings. The van der Waals surface area contributed by atoms with E-state index in [-0.39, 0.29) is 5.91 Å². The van der Waals surface area contributed by atoms with Gasteiger partial charge in [0.2, 0.25) is 5.91 Å². The standard InChI is InChI=1S/C20H33N3O/c1-4-23(5-2)18-11-12-19(16(3)13-18)22-20(24)15-21-14-17-9-7-6-8-10-17/h11-13,17,21H,4-10,14-15H2,1-3H3,(H,22,24). The van der Waals surface area contributed by atoms with Gasteiger partial charge in [-0.3, -0.25) is 4.79 Å². The Labute approximate surface area is 147 Å². The van der Waals surface area contributed by atoms with Crippen LogP contribution in [0.3, 0.4) is 0 Å². The second kappa shape index (κ2) is 9.67. The highest BCUT2D eigenvalue weighted by molar-refractivity contribution is 5.93. The van der Waals surface area contributed by atoms with Crippen LogP contribution in [0.5, 0.6) is 0 Å². The second-order valence-electron chi connectivity index (χ2n) is 6.85. The highest BCUT2D eigenvalue weighted by Crippen LogP contribution is 2.23. The monoisotopic (exact) mass is 331 g/mol. The molecule has 0 radical (unpaired) electrons. The molecule has 0 aromatic heterocycles. The molecule has 0 unspecified atom stereocenters. The normalized spacial score (nSPS) is 15.3. The Morgan fingerprint density at radius 1 is 1.17 bits per heavy atom. The molecular weight excluding hydrogens is 298 g/mol.